The molecular weight excluding hydrogens is 326 g/mol. The van der Waals surface area contributed by atoms with E-state index in [9.17, 15) is 9.59 Å². The molecule has 0 radical (unpaired) electrons. The second kappa shape index (κ2) is 7.97. The van der Waals surface area contributed by atoms with E-state index in [1.54, 1.807) is 18.2 Å². The largest absolute Gasteiger partial charge is 0.495 e. The average molecular weight is 346 g/mol. The Hall–Kier alpha value is -2.33. The minimum atomic E-state index is -0.227. The number of nitrogens with one attached hydrogen (secondary N) is 1. The molecule has 0 atom stereocenters. The summed E-state index contributed by atoms with van der Waals surface area (Å²) in [6, 6.07) is 10.7. The monoisotopic (exact) mass is 345 g/mol. The van der Waals surface area contributed by atoms with Crippen LogP contribution in [-0.4, -0.2) is 18.8 Å². The summed E-state index contributed by atoms with van der Waals surface area (Å²) in [6.45, 7) is 3.84. The van der Waals surface area contributed by atoms with Gasteiger partial charge in [-0.15, -0.1) is 0 Å². The fraction of sp³-hybridized carbons (Fsp3) is 0.263. The van der Waals surface area contributed by atoms with Crippen molar-refractivity contribution in [3.8, 4) is 5.75 Å². The first kappa shape index (κ1) is 18.0. The van der Waals surface area contributed by atoms with Crippen molar-refractivity contribution in [1.82, 2.24) is 0 Å². The van der Waals surface area contributed by atoms with Crippen LogP contribution in [0.25, 0.3) is 0 Å². The number of hydrogen-bond donors (Lipinski definition) is 1. The lowest BCUT2D eigenvalue weighted by atomic mass is 9.99. The second-order valence-electron chi connectivity index (χ2n) is 5.64. The van der Waals surface area contributed by atoms with Gasteiger partial charge in [0.2, 0.25) is 5.91 Å². The minimum absolute atomic E-state index is 0.0286. The number of ether oxygens (including phenoxy) is 1. The molecule has 0 bridgehead atoms. The van der Waals surface area contributed by atoms with Crippen molar-refractivity contribution in [3.63, 3.8) is 0 Å². The number of aryl methyl sites for hydroxylation is 2. The molecule has 0 heterocycles. The first-order valence-corrected chi connectivity index (χ1v) is 8.02. The van der Waals surface area contributed by atoms with Gasteiger partial charge in [0.25, 0.3) is 0 Å². The van der Waals surface area contributed by atoms with Crippen LogP contribution < -0.4 is 10.1 Å². The third kappa shape index (κ3) is 4.59. The van der Waals surface area contributed by atoms with Gasteiger partial charge in [0.15, 0.2) is 5.78 Å². The van der Waals surface area contributed by atoms with Gasteiger partial charge < -0.3 is 10.1 Å². The number of hydrogen-bond acceptors (Lipinski definition) is 3. The van der Waals surface area contributed by atoms with Crippen LogP contribution in [0.15, 0.2) is 36.4 Å². The quantitative estimate of drug-likeness (QED) is 0.780. The predicted molar refractivity (Wildman–Crippen MR) is 96.1 cm³/mol. The Morgan fingerprint density at radius 2 is 1.83 bits per heavy atom. The number of halogens is 1. The lowest BCUT2D eigenvalue weighted by molar-refractivity contribution is -0.116. The molecular formula is C19H20ClNO3. The smallest absolute Gasteiger partial charge is 0.224 e. The van der Waals surface area contributed by atoms with Gasteiger partial charge in [0.05, 0.1) is 12.1 Å². The van der Waals surface area contributed by atoms with Crippen molar-refractivity contribution < 1.29 is 14.3 Å². The Morgan fingerprint density at radius 3 is 2.50 bits per heavy atom. The number of benzene rings is 2. The summed E-state index contributed by atoms with van der Waals surface area (Å²) in [7, 11) is 1.53. The van der Waals surface area contributed by atoms with Crippen LogP contribution in [0.5, 0.6) is 5.75 Å². The first-order chi connectivity index (χ1) is 11.4. The van der Waals surface area contributed by atoms with Crippen LogP contribution >= 0.6 is 11.6 Å². The van der Waals surface area contributed by atoms with Crippen LogP contribution in [0.4, 0.5) is 5.69 Å². The second-order valence-corrected chi connectivity index (χ2v) is 6.05. The van der Waals surface area contributed by atoms with E-state index >= 15 is 0 Å². The van der Waals surface area contributed by atoms with E-state index in [0.29, 0.717) is 22.0 Å². The Kier molecular flexibility index (Phi) is 5.99. The van der Waals surface area contributed by atoms with E-state index < -0.39 is 0 Å². The lowest BCUT2D eigenvalue weighted by Crippen LogP contribution is -2.14. The zero-order chi connectivity index (χ0) is 17.7. The molecule has 5 heteroatoms. The van der Waals surface area contributed by atoms with Gasteiger partial charge in [0.1, 0.15) is 5.75 Å². The molecule has 1 amide bonds. The maximum absolute atomic E-state index is 12.3. The SMILES string of the molecule is COc1ccc(NC(=O)CCC(=O)c2cc(C)ccc2C)cc1Cl. The number of amides is 1. The summed E-state index contributed by atoms with van der Waals surface area (Å²) in [5.74, 6) is 0.286. The number of rotatable bonds is 6. The van der Waals surface area contributed by atoms with Crippen molar-refractivity contribution in [1.29, 1.82) is 0 Å². The molecule has 2 aromatic rings. The Bertz CT molecular complexity index is 771. The minimum Gasteiger partial charge on any atom is -0.495 e. The average Bonchev–Trinajstić information content (AvgIpc) is 2.55. The summed E-state index contributed by atoms with van der Waals surface area (Å²) in [6.07, 6.45) is 0.288. The highest BCUT2D eigenvalue weighted by Gasteiger charge is 2.12. The molecule has 2 aromatic carbocycles. The molecule has 0 aliphatic rings. The standard InChI is InChI=1S/C19H20ClNO3/c1-12-4-5-13(2)15(10-12)17(22)7-9-19(23)21-14-6-8-18(24-3)16(20)11-14/h4-6,8,10-11H,7,9H2,1-3H3,(H,21,23). The summed E-state index contributed by atoms with van der Waals surface area (Å²) in [5, 5.41) is 3.15. The summed E-state index contributed by atoms with van der Waals surface area (Å²) in [4.78, 5) is 24.3. The molecule has 0 aliphatic heterocycles. The van der Waals surface area contributed by atoms with Gasteiger partial charge in [-0.1, -0.05) is 29.3 Å². The molecule has 0 spiro atoms. The highest BCUT2D eigenvalue weighted by molar-refractivity contribution is 6.32. The molecule has 0 aliphatic carbocycles. The van der Waals surface area contributed by atoms with Gasteiger partial charge in [-0.05, 0) is 43.7 Å². The molecule has 0 aromatic heterocycles. The number of carbonyl (C=O) groups is 2. The van der Waals surface area contributed by atoms with Crippen LogP contribution in [0.3, 0.4) is 0 Å². The van der Waals surface area contributed by atoms with E-state index in [2.05, 4.69) is 5.32 Å². The lowest BCUT2D eigenvalue weighted by Gasteiger charge is -2.09. The van der Waals surface area contributed by atoms with Crippen molar-refractivity contribution in [3.05, 3.63) is 58.1 Å². The Balaban J connectivity index is 1.94. The fourth-order valence-electron chi connectivity index (χ4n) is 2.37. The van der Waals surface area contributed by atoms with Crippen LogP contribution in [-0.2, 0) is 4.79 Å². The van der Waals surface area contributed by atoms with E-state index in [1.807, 2.05) is 32.0 Å². The normalized spacial score (nSPS) is 10.3. The molecule has 0 unspecified atom stereocenters. The van der Waals surface area contributed by atoms with Crippen LogP contribution in [0.2, 0.25) is 5.02 Å². The predicted octanol–water partition coefficient (Wildman–Crippen LogP) is 4.57. The fourth-order valence-corrected chi connectivity index (χ4v) is 2.62. The van der Waals surface area contributed by atoms with Crippen molar-refractivity contribution in [2.24, 2.45) is 0 Å². The topological polar surface area (TPSA) is 55.4 Å². The van der Waals surface area contributed by atoms with Crippen molar-refractivity contribution in [2.45, 2.75) is 26.7 Å². The van der Waals surface area contributed by atoms with E-state index in [4.69, 9.17) is 16.3 Å². The molecule has 0 saturated heterocycles. The maximum atomic E-state index is 12.3. The zero-order valence-electron chi connectivity index (χ0n) is 14.0. The first-order valence-electron chi connectivity index (χ1n) is 7.64. The van der Waals surface area contributed by atoms with Gasteiger partial charge in [-0.3, -0.25) is 9.59 Å². The van der Waals surface area contributed by atoms with Gasteiger partial charge in [-0.2, -0.15) is 0 Å². The van der Waals surface area contributed by atoms with Crippen molar-refractivity contribution >= 4 is 29.0 Å². The Labute approximate surface area is 146 Å². The van der Waals surface area contributed by atoms with Crippen molar-refractivity contribution in [2.75, 3.05) is 12.4 Å². The van der Waals surface area contributed by atoms with Crippen LogP contribution in [0.1, 0.15) is 34.3 Å². The highest BCUT2D eigenvalue weighted by atomic mass is 35.5. The molecule has 4 nitrogen and oxygen atoms in total. The van der Waals surface area contributed by atoms with E-state index in [1.165, 1.54) is 7.11 Å². The molecule has 1 N–H and O–H groups in total. The number of Topliss-reactive ketones (excluding diaryl/α,β-unsaturated/α-hetero) is 1. The molecule has 0 saturated carbocycles. The summed E-state index contributed by atoms with van der Waals surface area (Å²) < 4.78 is 5.06. The molecule has 2 rings (SSSR count). The summed E-state index contributed by atoms with van der Waals surface area (Å²) in [5.41, 5.74) is 3.20. The number of methoxy groups -OCH3 is 1. The third-order valence-electron chi connectivity index (χ3n) is 3.71. The van der Waals surface area contributed by atoms with Gasteiger partial charge >= 0.3 is 0 Å². The highest BCUT2D eigenvalue weighted by Crippen LogP contribution is 2.27. The Morgan fingerprint density at radius 1 is 1.08 bits per heavy atom. The van der Waals surface area contributed by atoms with Gasteiger partial charge in [0, 0.05) is 24.1 Å². The molecule has 126 valence electrons. The number of anilines is 1. The summed E-state index contributed by atoms with van der Waals surface area (Å²) >= 11 is 6.02. The maximum Gasteiger partial charge on any atom is 0.224 e. The van der Waals surface area contributed by atoms with E-state index in [-0.39, 0.29) is 24.5 Å². The van der Waals surface area contributed by atoms with Crippen LogP contribution in [0, 0.1) is 13.8 Å². The van der Waals surface area contributed by atoms with Gasteiger partial charge in [-0.25, -0.2) is 0 Å². The van der Waals surface area contributed by atoms with E-state index in [0.717, 1.165) is 11.1 Å². The molecule has 0 fully saturated rings. The number of carbonyl (C=O) groups excluding carboxylic acids is 2. The number of ketones is 1. The molecule has 24 heavy (non-hydrogen) atoms. The zero-order valence-corrected chi connectivity index (χ0v) is 14.7. The third-order valence-corrected chi connectivity index (χ3v) is 4.00.